The minimum absolute atomic E-state index is 0.517. The monoisotopic (exact) mass is 222 g/mol. The zero-order valence-electron chi connectivity index (χ0n) is 9.25. The fourth-order valence-corrected chi connectivity index (χ4v) is 3.46. The lowest BCUT2D eigenvalue weighted by atomic mass is 10.3. The highest BCUT2D eigenvalue weighted by Gasteiger charge is 2.22. The molecule has 0 nitrogen and oxygen atoms in total. The van der Waals surface area contributed by atoms with Crippen molar-refractivity contribution in [1.82, 2.24) is 0 Å². The Hall–Kier alpha value is 0.0338. The second-order valence-corrected chi connectivity index (χ2v) is 12.5. The van der Waals surface area contributed by atoms with Crippen molar-refractivity contribution in [3.8, 4) is 0 Å². The van der Waals surface area contributed by atoms with E-state index >= 15 is 0 Å². The van der Waals surface area contributed by atoms with Crippen molar-refractivity contribution >= 4 is 16.8 Å². The Kier molecular flexibility index (Phi) is 4.52. The predicted octanol–water partition coefficient (Wildman–Crippen LogP) is 4.28. The third-order valence-electron chi connectivity index (χ3n) is 1.64. The summed E-state index contributed by atoms with van der Waals surface area (Å²) in [5.74, 6) is 0. The van der Waals surface area contributed by atoms with Crippen LogP contribution in [-0.4, -0.2) is 16.8 Å². The van der Waals surface area contributed by atoms with Gasteiger partial charge in [0.15, 0.2) is 0 Å². The summed E-state index contributed by atoms with van der Waals surface area (Å²) < 4.78 is 26.5. The van der Waals surface area contributed by atoms with Gasteiger partial charge < -0.3 is 8.22 Å². The van der Waals surface area contributed by atoms with Gasteiger partial charge in [-0.15, -0.1) is 0 Å². The molecular weight excluding hydrogens is 202 g/mol. The van der Waals surface area contributed by atoms with E-state index in [4.69, 9.17) is 0 Å². The first-order valence-electron chi connectivity index (χ1n) is 4.64. The summed E-state index contributed by atoms with van der Waals surface area (Å²) in [7, 11) is -4.97. The van der Waals surface area contributed by atoms with Crippen LogP contribution in [0.4, 0.5) is 8.22 Å². The van der Waals surface area contributed by atoms with Crippen molar-refractivity contribution in [1.29, 1.82) is 0 Å². The molecule has 0 aliphatic heterocycles. The Morgan fingerprint density at radius 2 is 1.54 bits per heavy atom. The van der Waals surface area contributed by atoms with Crippen LogP contribution >= 0.6 is 0 Å². The van der Waals surface area contributed by atoms with Gasteiger partial charge in [0.25, 0.3) is 0 Å². The van der Waals surface area contributed by atoms with Gasteiger partial charge in [-0.2, -0.15) is 0 Å². The summed E-state index contributed by atoms with van der Waals surface area (Å²) in [6, 6.07) is 1.06. The molecule has 0 aromatic carbocycles. The number of allylic oxidation sites excluding steroid dienone is 2. The second kappa shape index (κ2) is 4.50. The molecule has 0 aromatic heterocycles. The van der Waals surface area contributed by atoms with Crippen molar-refractivity contribution in [3.63, 3.8) is 0 Å². The second-order valence-electron chi connectivity index (χ2n) is 4.87. The molecule has 0 aliphatic carbocycles. The van der Waals surface area contributed by atoms with Gasteiger partial charge in [-0.25, -0.2) is 0 Å². The number of hydrogen-bond donors (Lipinski definition) is 0. The number of halogens is 2. The molecule has 0 unspecified atom stereocenters. The van der Waals surface area contributed by atoms with Gasteiger partial charge in [-0.1, -0.05) is 11.6 Å². The summed E-state index contributed by atoms with van der Waals surface area (Å²) in [5, 5.41) is 0. The lowest BCUT2D eigenvalue weighted by Crippen LogP contribution is -2.19. The van der Waals surface area contributed by atoms with E-state index in [1.807, 2.05) is 13.0 Å². The van der Waals surface area contributed by atoms with E-state index < -0.39 is 16.8 Å². The van der Waals surface area contributed by atoms with Gasteiger partial charge >= 0.3 is 0 Å². The molecule has 0 heterocycles. The minimum Gasteiger partial charge on any atom is -0.314 e. The van der Waals surface area contributed by atoms with E-state index in [9.17, 15) is 8.22 Å². The summed E-state index contributed by atoms with van der Waals surface area (Å²) in [5.41, 5.74) is 1.01. The maximum atomic E-state index is 13.3. The zero-order chi connectivity index (χ0) is 10.7. The van der Waals surface area contributed by atoms with Crippen LogP contribution in [0.2, 0.25) is 38.3 Å². The van der Waals surface area contributed by atoms with Crippen LogP contribution < -0.4 is 0 Å². The number of rotatable bonds is 4. The maximum absolute atomic E-state index is 13.3. The number of hydrogen-bond acceptors (Lipinski definition) is 0. The van der Waals surface area contributed by atoms with Gasteiger partial charge in [0, 0.05) is 0 Å². The molecule has 0 spiro atoms. The summed E-state index contributed by atoms with van der Waals surface area (Å²) in [4.78, 5) is 0. The van der Waals surface area contributed by atoms with Crippen LogP contribution in [0.3, 0.4) is 0 Å². The van der Waals surface area contributed by atoms with E-state index in [1.54, 1.807) is 26.2 Å². The highest BCUT2D eigenvalue weighted by Crippen LogP contribution is 2.20. The Labute approximate surface area is 82.4 Å². The van der Waals surface area contributed by atoms with Gasteiger partial charge in [0.1, 0.15) is 0 Å². The Balaban J connectivity index is 4.05. The average molecular weight is 222 g/mol. The van der Waals surface area contributed by atoms with Crippen LogP contribution in [0.5, 0.6) is 0 Å². The van der Waals surface area contributed by atoms with Crippen LogP contribution in [0, 0.1) is 0 Å². The normalized spacial score (nSPS) is 14.8. The topological polar surface area (TPSA) is 0 Å². The molecule has 0 rings (SSSR count). The van der Waals surface area contributed by atoms with Gasteiger partial charge in [-0.3, -0.25) is 0 Å². The quantitative estimate of drug-likeness (QED) is 0.378. The average Bonchev–Trinajstić information content (AvgIpc) is 1.78. The molecule has 0 amide bonds. The Morgan fingerprint density at radius 1 is 1.08 bits per heavy atom. The molecule has 0 aromatic rings. The van der Waals surface area contributed by atoms with Gasteiger partial charge in [-0.05, 0) is 45.2 Å². The van der Waals surface area contributed by atoms with Crippen molar-refractivity contribution in [2.24, 2.45) is 0 Å². The third-order valence-corrected chi connectivity index (χ3v) is 4.21. The van der Waals surface area contributed by atoms with Crippen molar-refractivity contribution in [2.45, 2.75) is 45.2 Å². The minimum atomic E-state index is -2.49. The molecule has 4 heteroatoms. The van der Waals surface area contributed by atoms with Crippen molar-refractivity contribution in [3.05, 3.63) is 11.6 Å². The first-order valence-corrected chi connectivity index (χ1v) is 10.8. The van der Waals surface area contributed by atoms with Gasteiger partial charge in [0.05, 0.1) is 0 Å². The van der Waals surface area contributed by atoms with Crippen LogP contribution in [-0.2, 0) is 0 Å². The molecule has 0 saturated carbocycles. The molecule has 0 atom stereocenters. The van der Waals surface area contributed by atoms with E-state index in [1.165, 1.54) is 0 Å². The maximum Gasteiger partial charge on any atom is 0.244 e. The van der Waals surface area contributed by atoms with Crippen molar-refractivity contribution < 1.29 is 8.22 Å². The highest BCUT2D eigenvalue weighted by atomic mass is 28.4. The van der Waals surface area contributed by atoms with E-state index in [-0.39, 0.29) is 0 Å². The van der Waals surface area contributed by atoms with Crippen LogP contribution in [0.1, 0.15) is 6.92 Å². The van der Waals surface area contributed by atoms with E-state index in [0.717, 1.165) is 5.57 Å². The van der Waals surface area contributed by atoms with Crippen LogP contribution in [0.25, 0.3) is 0 Å². The molecular formula is C9H20F2Si2. The smallest absolute Gasteiger partial charge is 0.244 e. The molecule has 0 fully saturated rings. The molecule has 0 saturated heterocycles. The van der Waals surface area contributed by atoms with Crippen molar-refractivity contribution in [2.75, 3.05) is 0 Å². The molecule has 0 bridgehead atoms. The molecule has 13 heavy (non-hydrogen) atoms. The predicted molar refractivity (Wildman–Crippen MR) is 60.6 cm³/mol. The summed E-state index contributed by atoms with van der Waals surface area (Å²) in [6.07, 6.45) is 1.88. The van der Waals surface area contributed by atoms with E-state index in [2.05, 4.69) is 0 Å². The zero-order valence-corrected chi connectivity index (χ0v) is 11.2. The standard InChI is InChI=1S/C9H20F2Si2/c1-9(8-13(4,5)11)6-7-12(2,3)10/h6H,7-8H2,1-5H3/b9-6-. The highest BCUT2D eigenvalue weighted by molar-refractivity contribution is 6.71. The Morgan fingerprint density at radius 3 is 1.85 bits per heavy atom. The van der Waals surface area contributed by atoms with E-state index in [0.29, 0.717) is 12.1 Å². The molecule has 78 valence electrons. The fraction of sp³-hybridized carbons (Fsp3) is 0.778. The van der Waals surface area contributed by atoms with Crippen LogP contribution in [0.15, 0.2) is 11.6 Å². The Bertz CT molecular complexity index is 187. The van der Waals surface area contributed by atoms with Gasteiger partial charge in [0.2, 0.25) is 16.8 Å². The lowest BCUT2D eigenvalue weighted by molar-refractivity contribution is 0.790. The summed E-state index contributed by atoms with van der Waals surface area (Å²) in [6.45, 7) is 8.61. The molecule has 0 aliphatic rings. The lowest BCUT2D eigenvalue weighted by Gasteiger charge is -2.12. The largest absolute Gasteiger partial charge is 0.314 e. The molecule has 0 N–H and O–H groups in total. The molecule has 0 radical (unpaired) electrons. The first-order chi connectivity index (χ1) is 5.60. The summed E-state index contributed by atoms with van der Waals surface area (Å²) >= 11 is 0. The fourth-order valence-electron chi connectivity index (χ4n) is 1.15. The SMILES string of the molecule is C/C(=C/C[Si](C)(C)F)C[Si](C)(C)F. The first kappa shape index (κ1) is 13.0. The third kappa shape index (κ3) is 9.95.